The van der Waals surface area contributed by atoms with Gasteiger partial charge in [-0.25, -0.2) is 0 Å². The molecule has 0 saturated carbocycles. The topological polar surface area (TPSA) is 54.0 Å². The number of hydrogen-bond donors (Lipinski definition) is 2. The molecule has 3 rings (SSSR count). The minimum absolute atomic E-state index is 0.0557. The molecule has 1 aromatic heterocycles. The quantitative estimate of drug-likeness (QED) is 0.905. The molecule has 2 heterocycles. The normalized spacial score (nSPS) is 16.1. The number of rotatable bonds is 4. The molecule has 2 N–H and O–H groups in total. The molecule has 2 aromatic rings. The molecular weight excluding hydrogens is 262 g/mol. The van der Waals surface area contributed by atoms with Gasteiger partial charge in [0.25, 0.3) is 0 Å². The van der Waals surface area contributed by atoms with Crippen LogP contribution in [0, 0.1) is 0 Å². The van der Waals surface area contributed by atoms with Crippen LogP contribution in [0.15, 0.2) is 42.6 Å². The standard InChI is InChI=1S/C17H19N3O/c1-2-12-6-5-9-18-16(12)11-20-17(21)14-10-19-15-8-4-3-7-13(14)15/h3-9,14,19H,2,10-11H2,1H3,(H,20,21). The van der Waals surface area contributed by atoms with Gasteiger partial charge in [-0.05, 0) is 29.7 Å². The zero-order valence-electron chi connectivity index (χ0n) is 12.1. The van der Waals surface area contributed by atoms with Crippen molar-refractivity contribution in [3.63, 3.8) is 0 Å². The van der Waals surface area contributed by atoms with Crippen LogP contribution in [0.5, 0.6) is 0 Å². The van der Waals surface area contributed by atoms with Crippen molar-refractivity contribution in [2.45, 2.75) is 25.8 Å². The Morgan fingerprint density at radius 1 is 1.33 bits per heavy atom. The highest BCUT2D eigenvalue weighted by Gasteiger charge is 2.27. The number of nitrogens with zero attached hydrogens (tertiary/aromatic N) is 1. The lowest BCUT2D eigenvalue weighted by Crippen LogP contribution is -2.30. The second kappa shape index (κ2) is 5.95. The third kappa shape index (κ3) is 2.75. The van der Waals surface area contributed by atoms with Crippen LogP contribution in [0.1, 0.15) is 29.7 Å². The highest BCUT2D eigenvalue weighted by atomic mass is 16.1. The number of para-hydroxylation sites is 1. The Morgan fingerprint density at radius 3 is 3.05 bits per heavy atom. The van der Waals surface area contributed by atoms with Gasteiger partial charge >= 0.3 is 0 Å². The maximum absolute atomic E-state index is 12.4. The molecule has 4 nitrogen and oxygen atoms in total. The van der Waals surface area contributed by atoms with E-state index in [1.807, 2.05) is 30.3 Å². The summed E-state index contributed by atoms with van der Waals surface area (Å²) in [4.78, 5) is 16.8. The number of fused-ring (bicyclic) bond motifs is 1. The van der Waals surface area contributed by atoms with Crippen molar-refractivity contribution in [3.8, 4) is 0 Å². The van der Waals surface area contributed by atoms with E-state index in [1.165, 1.54) is 5.56 Å². The highest BCUT2D eigenvalue weighted by Crippen LogP contribution is 2.30. The molecule has 0 bridgehead atoms. The Labute approximate surface area is 124 Å². The van der Waals surface area contributed by atoms with Gasteiger partial charge in [0.05, 0.1) is 18.2 Å². The van der Waals surface area contributed by atoms with Crippen molar-refractivity contribution in [2.24, 2.45) is 0 Å². The lowest BCUT2D eigenvalue weighted by molar-refractivity contribution is -0.122. The van der Waals surface area contributed by atoms with Gasteiger partial charge in [-0.3, -0.25) is 9.78 Å². The number of hydrogen-bond acceptors (Lipinski definition) is 3. The first-order valence-corrected chi connectivity index (χ1v) is 7.33. The van der Waals surface area contributed by atoms with Gasteiger partial charge in [-0.2, -0.15) is 0 Å². The van der Waals surface area contributed by atoms with Gasteiger partial charge in [0, 0.05) is 18.4 Å². The zero-order chi connectivity index (χ0) is 14.7. The Balaban J connectivity index is 1.68. The van der Waals surface area contributed by atoms with Crippen molar-refractivity contribution in [1.82, 2.24) is 10.3 Å². The van der Waals surface area contributed by atoms with Crippen molar-refractivity contribution >= 4 is 11.6 Å². The number of pyridine rings is 1. The lowest BCUT2D eigenvalue weighted by atomic mass is 10.0. The maximum atomic E-state index is 12.4. The zero-order valence-corrected chi connectivity index (χ0v) is 12.1. The number of aromatic nitrogens is 1. The molecule has 1 amide bonds. The number of carbonyl (C=O) groups excluding carboxylic acids is 1. The summed E-state index contributed by atoms with van der Waals surface area (Å²) >= 11 is 0. The molecule has 0 saturated heterocycles. The van der Waals surface area contributed by atoms with E-state index < -0.39 is 0 Å². The van der Waals surface area contributed by atoms with Gasteiger partial charge in [-0.1, -0.05) is 31.2 Å². The summed E-state index contributed by atoms with van der Waals surface area (Å²) < 4.78 is 0. The van der Waals surface area contributed by atoms with E-state index in [0.29, 0.717) is 13.1 Å². The first kappa shape index (κ1) is 13.6. The molecular formula is C17H19N3O. The Kier molecular flexibility index (Phi) is 3.86. The molecule has 0 aliphatic carbocycles. The SMILES string of the molecule is CCc1cccnc1CNC(=O)C1CNc2ccccc21. The summed E-state index contributed by atoms with van der Waals surface area (Å²) in [7, 11) is 0. The van der Waals surface area contributed by atoms with Crippen LogP contribution < -0.4 is 10.6 Å². The summed E-state index contributed by atoms with van der Waals surface area (Å²) in [5.41, 5.74) is 4.27. The Bertz CT molecular complexity index is 654. The van der Waals surface area contributed by atoms with E-state index >= 15 is 0 Å². The fourth-order valence-electron chi connectivity index (χ4n) is 2.76. The smallest absolute Gasteiger partial charge is 0.229 e. The van der Waals surface area contributed by atoms with E-state index in [1.54, 1.807) is 6.20 Å². The van der Waals surface area contributed by atoms with Crippen LogP contribution in [0.4, 0.5) is 5.69 Å². The summed E-state index contributed by atoms with van der Waals surface area (Å²) in [6.45, 7) is 3.25. The number of nitrogens with one attached hydrogen (secondary N) is 2. The van der Waals surface area contributed by atoms with Gasteiger partial charge in [0.2, 0.25) is 5.91 Å². The van der Waals surface area contributed by atoms with Crippen LogP contribution in [-0.2, 0) is 17.8 Å². The fraction of sp³-hybridized carbons (Fsp3) is 0.294. The first-order chi connectivity index (χ1) is 10.3. The average Bonchev–Trinajstić information content (AvgIpc) is 2.97. The third-order valence-electron chi connectivity index (χ3n) is 3.94. The van der Waals surface area contributed by atoms with Crippen molar-refractivity contribution in [2.75, 3.05) is 11.9 Å². The molecule has 0 spiro atoms. The number of carbonyl (C=O) groups is 1. The number of benzene rings is 1. The van der Waals surface area contributed by atoms with Gasteiger partial charge in [0.1, 0.15) is 0 Å². The fourth-order valence-corrected chi connectivity index (χ4v) is 2.76. The van der Waals surface area contributed by atoms with Crippen molar-refractivity contribution < 1.29 is 4.79 Å². The second-order valence-electron chi connectivity index (χ2n) is 5.20. The van der Waals surface area contributed by atoms with E-state index in [0.717, 1.165) is 23.4 Å². The van der Waals surface area contributed by atoms with Gasteiger partial charge in [0.15, 0.2) is 0 Å². The maximum Gasteiger partial charge on any atom is 0.229 e. The Morgan fingerprint density at radius 2 is 2.19 bits per heavy atom. The predicted octanol–water partition coefficient (Wildman–Crippen LogP) is 2.47. The average molecular weight is 281 g/mol. The summed E-state index contributed by atoms with van der Waals surface area (Å²) in [5, 5.41) is 6.29. The number of amides is 1. The van der Waals surface area contributed by atoms with Gasteiger partial charge in [-0.15, -0.1) is 0 Å². The molecule has 1 aromatic carbocycles. The van der Waals surface area contributed by atoms with Crippen LogP contribution in [0.3, 0.4) is 0 Å². The third-order valence-corrected chi connectivity index (χ3v) is 3.94. The molecule has 1 unspecified atom stereocenters. The molecule has 21 heavy (non-hydrogen) atoms. The Hall–Kier alpha value is -2.36. The van der Waals surface area contributed by atoms with Crippen LogP contribution >= 0.6 is 0 Å². The first-order valence-electron chi connectivity index (χ1n) is 7.33. The number of aryl methyl sites for hydroxylation is 1. The van der Waals surface area contributed by atoms with Crippen molar-refractivity contribution in [1.29, 1.82) is 0 Å². The van der Waals surface area contributed by atoms with Crippen LogP contribution in [0.2, 0.25) is 0 Å². The monoisotopic (exact) mass is 281 g/mol. The lowest BCUT2D eigenvalue weighted by Gasteiger charge is -2.12. The minimum Gasteiger partial charge on any atom is -0.384 e. The van der Waals surface area contributed by atoms with Crippen LogP contribution in [0.25, 0.3) is 0 Å². The molecule has 108 valence electrons. The molecule has 1 aliphatic heterocycles. The summed E-state index contributed by atoms with van der Waals surface area (Å²) in [5.74, 6) is -0.0601. The minimum atomic E-state index is -0.116. The predicted molar refractivity (Wildman–Crippen MR) is 83.1 cm³/mol. The second-order valence-corrected chi connectivity index (χ2v) is 5.20. The van der Waals surface area contributed by atoms with E-state index in [9.17, 15) is 4.79 Å². The van der Waals surface area contributed by atoms with E-state index in [2.05, 4.69) is 28.6 Å². The van der Waals surface area contributed by atoms with Crippen LogP contribution in [-0.4, -0.2) is 17.4 Å². The highest BCUT2D eigenvalue weighted by molar-refractivity contribution is 5.88. The molecule has 0 radical (unpaired) electrons. The largest absolute Gasteiger partial charge is 0.384 e. The molecule has 0 fully saturated rings. The number of anilines is 1. The van der Waals surface area contributed by atoms with Crippen molar-refractivity contribution in [3.05, 3.63) is 59.4 Å². The van der Waals surface area contributed by atoms with E-state index in [4.69, 9.17) is 0 Å². The summed E-state index contributed by atoms with van der Waals surface area (Å²) in [6, 6.07) is 12.0. The molecule has 1 atom stereocenters. The van der Waals surface area contributed by atoms with Gasteiger partial charge < -0.3 is 10.6 Å². The molecule has 4 heteroatoms. The molecule has 1 aliphatic rings. The van der Waals surface area contributed by atoms with E-state index in [-0.39, 0.29) is 11.8 Å². The summed E-state index contributed by atoms with van der Waals surface area (Å²) in [6.07, 6.45) is 2.69.